The van der Waals surface area contributed by atoms with E-state index in [1.807, 2.05) is 6.92 Å². The molecule has 1 aromatic carbocycles. The van der Waals surface area contributed by atoms with Crippen LogP contribution in [0.1, 0.15) is 58.4 Å². The first-order valence-electron chi connectivity index (χ1n) is 9.99. The van der Waals surface area contributed by atoms with Crippen LogP contribution in [0.5, 0.6) is 5.75 Å². The third kappa shape index (κ3) is 9.95. The number of amides is 1. The van der Waals surface area contributed by atoms with Crippen molar-refractivity contribution in [2.24, 2.45) is 5.92 Å². The van der Waals surface area contributed by atoms with Crippen LogP contribution in [0.4, 0.5) is 0 Å². The van der Waals surface area contributed by atoms with Crippen LogP contribution < -0.4 is 5.32 Å². The molecular formula is C23H33NO4. The second-order valence-electron chi connectivity index (χ2n) is 7.34. The molecule has 0 unspecified atom stereocenters. The van der Waals surface area contributed by atoms with E-state index in [9.17, 15) is 19.8 Å². The fourth-order valence-electron chi connectivity index (χ4n) is 2.98. The molecule has 28 heavy (non-hydrogen) atoms. The second kappa shape index (κ2) is 12.8. The molecule has 3 N–H and O–H groups in total. The molecule has 5 heteroatoms. The van der Waals surface area contributed by atoms with Crippen molar-refractivity contribution in [2.45, 2.75) is 65.3 Å². The summed E-state index contributed by atoms with van der Waals surface area (Å²) in [7, 11) is 0. The molecule has 0 saturated heterocycles. The fourth-order valence-corrected chi connectivity index (χ4v) is 2.98. The molecule has 0 fully saturated rings. The molecule has 0 aromatic heterocycles. The topological polar surface area (TPSA) is 86.6 Å². The largest absolute Gasteiger partial charge is 0.508 e. The van der Waals surface area contributed by atoms with Crippen LogP contribution in [-0.4, -0.2) is 28.1 Å². The Kier molecular flexibility index (Phi) is 10.7. The summed E-state index contributed by atoms with van der Waals surface area (Å²) in [6.07, 6.45) is 11.5. The molecule has 0 aliphatic rings. The maximum absolute atomic E-state index is 12.1. The predicted octanol–water partition coefficient (Wildman–Crippen LogP) is 4.61. The Morgan fingerprint density at radius 3 is 2.39 bits per heavy atom. The van der Waals surface area contributed by atoms with Gasteiger partial charge in [-0.05, 0) is 37.0 Å². The number of allylic oxidation sites excluding steroid dienone is 3. The zero-order valence-electron chi connectivity index (χ0n) is 17.1. The number of aromatic hydroxyl groups is 1. The smallest absolute Gasteiger partial charge is 0.326 e. The first-order valence-corrected chi connectivity index (χ1v) is 9.99. The van der Waals surface area contributed by atoms with E-state index in [1.165, 1.54) is 43.9 Å². The van der Waals surface area contributed by atoms with Crippen LogP contribution in [0.25, 0.3) is 0 Å². The Balaban J connectivity index is 2.55. The molecule has 0 aliphatic heterocycles. The molecule has 0 spiro atoms. The Hall–Kier alpha value is -2.56. The molecule has 0 saturated carbocycles. The Morgan fingerprint density at radius 2 is 1.79 bits per heavy atom. The van der Waals surface area contributed by atoms with E-state index in [2.05, 4.69) is 25.2 Å². The van der Waals surface area contributed by atoms with Crippen molar-refractivity contribution < 1.29 is 19.8 Å². The lowest BCUT2D eigenvalue weighted by molar-refractivity contribution is -0.141. The highest BCUT2D eigenvalue weighted by atomic mass is 16.4. The number of phenols is 1. The van der Waals surface area contributed by atoms with Crippen LogP contribution in [0.2, 0.25) is 0 Å². The highest BCUT2D eigenvalue weighted by Crippen LogP contribution is 2.14. The minimum Gasteiger partial charge on any atom is -0.508 e. The van der Waals surface area contributed by atoms with Crippen molar-refractivity contribution in [3.8, 4) is 5.75 Å². The molecule has 0 heterocycles. The third-order valence-corrected chi connectivity index (χ3v) is 4.55. The number of aliphatic carboxylic acids is 1. The quantitative estimate of drug-likeness (QED) is 0.278. The molecule has 2 atom stereocenters. The van der Waals surface area contributed by atoms with E-state index in [0.29, 0.717) is 5.92 Å². The van der Waals surface area contributed by atoms with E-state index in [1.54, 1.807) is 18.2 Å². The van der Waals surface area contributed by atoms with Crippen LogP contribution in [0.15, 0.2) is 48.1 Å². The van der Waals surface area contributed by atoms with Crippen molar-refractivity contribution in [1.29, 1.82) is 0 Å². The summed E-state index contributed by atoms with van der Waals surface area (Å²) < 4.78 is 0. The summed E-state index contributed by atoms with van der Waals surface area (Å²) >= 11 is 0. The van der Waals surface area contributed by atoms with E-state index < -0.39 is 17.9 Å². The minimum atomic E-state index is -1.09. The number of unbranched alkanes of at least 4 members (excludes halogenated alkanes) is 3. The second-order valence-corrected chi connectivity index (χ2v) is 7.34. The summed E-state index contributed by atoms with van der Waals surface area (Å²) in [6.45, 7) is 6.31. The normalized spacial score (nSPS) is 14.0. The third-order valence-electron chi connectivity index (χ3n) is 4.55. The molecular weight excluding hydrogens is 354 g/mol. The predicted molar refractivity (Wildman–Crippen MR) is 112 cm³/mol. The number of carbonyl (C=O) groups excluding carboxylic acids is 1. The van der Waals surface area contributed by atoms with Crippen molar-refractivity contribution in [3.05, 3.63) is 53.6 Å². The number of rotatable bonds is 12. The SMILES string of the molecule is CCCCCC[C@H](C)C=C(C)C=CC(=O)N[C@H](Cc1ccc(O)cc1)C(=O)O. The van der Waals surface area contributed by atoms with Gasteiger partial charge in [0.1, 0.15) is 11.8 Å². The van der Waals surface area contributed by atoms with Gasteiger partial charge in [-0.3, -0.25) is 4.79 Å². The maximum Gasteiger partial charge on any atom is 0.326 e. The number of carbonyl (C=O) groups is 2. The highest BCUT2D eigenvalue weighted by Gasteiger charge is 2.19. The van der Waals surface area contributed by atoms with Crippen molar-refractivity contribution >= 4 is 11.9 Å². The molecule has 1 aromatic rings. The van der Waals surface area contributed by atoms with Gasteiger partial charge < -0.3 is 15.5 Å². The summed E-state index contributed by atoms with van der Waals surface area (Å²) in [5.74, 6) is -0.965. The number of benzene rings is 1. The van der Waals surface area contributed by atoms with Crippen LogP contribution in [-0.2, 0) is 16.0 Å². The van der Waals surface area contributed by atoms with Gasteiger partial charge in [0.25, 0.3) is 0 Å². The van der Waals surface area contributed by atoms with Gasteiger partial charge in [-0.15, -0.1) is 0 Å². The van der Waals surface area contributed by atoms with Crippen LogP contribution in [0.3, 0.4) is 0 Å². The van der Waals surface area contributed by atoms with Gasteiger partial charge in [-0.2, -0.15) is 0 Å². The lowest BCUT2D eigenvalue weighted by atomic mass is 10.00. The first-order chi connectivity index (χ1) is 13.3. The average molecular weight is 388 g/mol. The van der Waals surface area contributed by atoms with Gasteiger partial charge >= 0.3 is 5.97 Å². The Bertz CT molecular complexity index is 676. The number of phenolic OH excluding ortho intramolecular Hbond substituents is 1. The van der Waals surface area contributed by atoms with Crippen LogP contribution >= 0.6 is 0 Å². The highest BCUT2D eigenvalue weighted by molar-refractivity contribution is 5.91. The van der Waals surface area contributed by atoms with Crippen molar-refractivity contribution in [2.75, 3.05) is 0 Å². The first kappa shape index (κ1) is 23.5. The maximum atomic E-state index is 12.1. The number of carboxylic acid groups (broad SMARTS) is 1. The van der Waals surface area contributed by atoms with Gasteiger partial charge in [0.2, 0.25) is 5.91 Å². The molecule has 5 nitrogen and oxygen atoms in total. The summed E-state index contributed by atoms with van der Waals surface area (Å²) in [5, 5.41) is 21.2. The lowest BCUT2D eigenvalue weighted by Crippen LogP contribution is -2.41. The van der Waals surface area contributed by atoms with Gasteiger partial charge in [0.05, 0.1) is 0 Å². The van der Waals surface area contributed by atoms with Crippen LogP contribution in [0, 0.1) is 5.92 Å². The fraction of sp³-hybridized carbons (Fsp3) is 0.478. The standard InChI is InChI=1S/C23H33NO4/c1-4-5-6-7-8-17(2)15-18(3)9-14-22(26)24-21(23(27)28)16-19-10-12-20(25)13-11-19/h9-15,17,21,25H,4-8,16H2,1-3H3,(H,24,26)(H,27,28)/t17-,21+/m0/s1. The Labute approximate surface area is 168 Å². The summed E-state index contributed by atoms with van der Waals surface area (Å²) in [4.78, 5) is 23.5. The molecule has 1 amide bonds. The van der Waals surface area contributed by atoms with E-state index >= 15 is 0 Å². The number of hydrogen-bond donors (Lipinski definition) is 3. The molecule has 0 bridgehead atoms. The lowest BCUT2D eigenvalue weighted by Gasteiger charge is -2.13. The van der Waals surface area contributed by atoms with Crippen molar-refractivity contribution in [3.63, 3.8) is 0 Å². The van der Waals surface area contributed by atoms with Crippen molar-refractivity contribution in [1.82, 2.24) is 5.32 Å². The molecule has 0 radical (unpaired) electrons. The van der Waals surface area contributed by atoms with E-state index in [-0.39, 0.29) is 12.2 Å². The number of nitrogens with one attached hydrogen (secondary N) is 1. The van der Waals surface area contributed by atoms with E-state index in [4.69, 9.17) is 0 Å². The van der Waals surface area contributed by atoms with Gasteiger partial charge in [-0.25, -0.2) is 4.79 Å². The van der Waals surface area contributed by atoms with Gasteiger partial charge in [0, 0.05) is 12.5 Å². The molecule has 0 aliphatic carbocycles. The van der Waals surface area contributed by atoms with Gasteiger partial charge in [0.15, 0.2) is 0 Å². The Morgan fingerprint density at radius 1 is 1.11 bits per heavy atom. The van der Waals surface area contributed by atoms with Gasteiger partial charge in [-0.1, -0.05) is 69.4 Å². The average Bonchev–Trinajstić information content (AvgIpc) is 2.64. The minimum absolute atomic E-state index is 0.115. The number of hydrogen-bond acceptors (Lipinski definition) is 3. The zero-order chi connectivity index (χ0) is 20.9. The van der Waals surface area contributed by atoms with E-state index in [0.717, 1.165) is 17.6 Å². The zero-order valence-corrected chi connectivity index (χ0v) is 17.1. The monoisotopic (exact) mass is 387 g/mol. The number of carboxylic acids is 1. The summed E-state index contributed by atoms with van der Waals surface area (Å²) in [6, 6.07) is 5.24. The molecule has 1 rings (SSSR count). The summed E-state index contributed by atoms with van der Waals surface area (Å²) in [5.41, 5.74) is 1.71. The molecule has 154 valence electrons.